The number of nitrogens with one attached hydrogen (secondary N) is 1. The fraction of sp³-hybridized carbons (Fsp3) is 0.562. The highest BCUT2D eigenvalue weighted by Gasteiger charge is 2.41. The molecule has 0 atom stereocenters. The number of aryl methyl sites for hydroxylation is 1. The number of imidazole rings is 1. The summed E-state index contributed by atoms with van der Waals surface area (Å²) >= 11 is 5.54. The van der Waals surface area contributed by atoms with Crippen molar-refractivity contribution in [2.45, 2.75) is 39.2 Å². The van der Waals surface area contributed by atoms with Crippen LogP contribution in [-0.4, -0.2) is 9.55 Å². The SMILES string of the molecule is Cc1ccc2c(c1)[nH]c(=S)n2CC(C1CC1)C1CC1. The predicted molar refractivity (Wildman–Crippen MR) is 80.8 cm³/mol. The van der Waals surface area contributed by atoms with Crippen molar-refractivity contribution >= 4 is 23.3 Å². The highest BCUT2D eigenvalue weighted by Crippen LogP contribution is 2.50. The van der Waals surface area contributed by atoms with Crippen LogP contribution in [0, 0.1) is 29.4 Å². The Morgan fingerprint density at radius 3 is 2.58 bits per heavy atom. The maximum atomic E-state index is 5.54. The van der Waals surface area contributed by atoms with Crippen LogP contribution in [0.25, 0.3) is 11.0 Å². The van der Waals surface area contributed by atoms with Gasteiger partial charge in [0.15, 0.2) is 4.77 Å². The van der Waals surface area contributed by atoms with Crippen molar-refractivity contribution < 1.29 is 0 Å². The van der Waals surface area contributed by atoms with Gasteiger partial charge in [-0.15, -0.1) is 0 Å². The van der Waals surface area contributed by atoms with E-state index in [0.29, 0.717) is 0 Å². The van der Waals surface area contributed by atoms with Crippen LogP contribution in [0.15, 0.2) is 18.2 Å². The maximum absolute atomic E-state index is 5.54. The number of benzene rings is 1. The summed E-state index contributed by atoms with van der Waals surface area (Å²) in [5, 5.41) is 0. The first kappa shape index (κ1) is 11.7. The van der Waals surface area contributed by atoms with Gasteiger partial charge in [0.1, 0.15) is 0 Å². The van der Waals surface area contributed by atoms with Gasteiger partial charge in [0.25, 0.3) is 0 Å². The van der Waals surface area contributed by atoms with Crippen LogP contribution in [0.2, 0.25) is 0 Å². The lowest BCUT2D eigenvalue weighted by Gasteiger charge is -2.16. The van der Waals surface area contributed by atoms with Crippen molar-refractivity contribution in [3.63, 3.8) is 0 Å². The molecule has 100 valence electrons. The molecule has 0 amide bonds. The summed E-state index contributed by atoms with van der Waals surface area (Å²) in [7, 11) is 0. The normalized spacial score (nSPS) is 19.5. The van der Waals surface area contributed by atoms with Crippen LogP contribution >= 0.6 is 12.2 Å². The van der Waals surface area contributed by atoms with Crippen LogP contribution in [-0.2, 0) is 6.54 Å². The van der Waals surface area contributed by atoms with Crippen LogP contribution < -0.4 is 0 Å². The number of nitrogens with zero attached hydrogens (tertiary/aromatic N) is 1. The molecular weight excluding hydrogens is 252 g/mol. The third-order valence-electron chi connectivity index (χ3n) is 4.78. The Bertz CT molecular complexity index is 662. The van der Waals surface area contributed by atoms with Gasteiger partial charge < -0.3 is 9.55 Å². The molecule has 0 aliphatic heterocycles. The quantitative estimate of drug-likeness (QED) is 0.816. The number of hydrogen-bond donors (Lipinski definition) is 1. The molecule has 2 saturated carbocycles. The molecule has 2 fully saturated rings. The molecule has 2 nitrogen and oxygen atoms in total. The molecule has 2 aliphatic rings. The zero-order valence-electron chi connectivity index (χ0n) is 11.4. The molecule has 0 unspecified atom stereocenters. The van der Waals surface area contributed by atoms with E-state index >= 15 is 0 Å². The minimum Gasteiger partial charge on any atom is -0.331 e. The molecule has 0 radical (unpaired) electrons. The fourth-order valence-corrected chi connectivity index (χ4v) is 3.68. The molecule has 2 aliphatic carbocycles. The molecule has 2 aromatic rings. The van der Waals surface area contributed by atoms with Crippen molar-refractivity contribution in [3.05, 3.63) is 28.5 Å². The molecule has 0 bridgehead atoms. The summed E-state index contributed by atoms with van der Waals surface area (Å²) in [6.07, 6.45) is 5.76. The zero-order chi connectivity index (χ0) is 13.0. The molecule has 1 heterocycles. The number of aromatic amines is 1. The van der Waals surface area contributed by atoms with Crippen molar-refractivity contribution in [2.24, 2.45) is 17.8 Å². The van der Waals surface area contributed by atoms with Crippen molar-refractivity contribution in [1.29, 1.82) is 0 Å². The number of rotatable bonds is 4. The molecule has 19 heavy (non-hydrogen) atoms. The Morgan fingerprint density at radius 1 is 1.26 bits per heavy atom. The number of fused-ring (bicyclic) bond motifs is 1. The lowest BCUT2D eigenvalue weighted by Crippen LogP contribution is -2.15. The van der Waals surface area contributed by atoms with Crippen molar-refractivity contribution in [1.82, 2.24) is 9.55 Å². The molecule has 0 spiro atoms. The van der Waals surface area contributed by atoms with Gasteiger partial charge in [0, 0.05) is 6.54 Å². The minimum atomic E-state index is 0.868. The number of hydrogen-bond acceptors (Lipinski definition) is 1. The summed E-state index contributed by atoms with van der Waals surface area (Å²) in [6.45, 7) is 3.25. The standard InChI is InChI=1S/C16H20N2S/c1-10-2-7-15-14(8-10)17-16(19)18(15)9-13(11-3-4-11)12-5-6-12/h2,7-8,11-13H,3-6,9H2,1H3,(H,17,19). The predicted octanol–water partition coefficient (Wildman–Crippen LogP) is 4.44. The summed E-state index contributed by atoms with van der Waals surface area (Å²) < 4.78 is 3.23. The lowest BCUT2D eigenvalue weighted by atomic mass is 9.98. The average Bonchev–Trinajstić information content (AvgIpc) is 3.24. The third kappa shape index (κ3) is 2.14. The Kier molecular flexibility index (Phi) is 2.59. The van der Waals surface area contributed by atoms with E-state index < -0.39 is 0 Å². The molecule has 1 aromatic heterocycles. The summed E-state index contributed by atoms with van der Waals surface area (Å²) in [4.78, 5) is 3.37. The smallest absolute Gasteiger partial charge is 0.178 e. The van der Waals surface area contributed by atoms with E-state index in [2.05, 4.69) is 34.7 Å². The Labute approximate surface area is 118 Å². The van der Waals surface area contributed by atoms with Crippen LogP contribution in [0.1, 0.15) is 31.2 Å². The first-order valence-corrected chi connectivity index (χ1v) is 7.82. The molecular formula is C16H20N2S. The van der Waals surface area contributed by atoms with Crippen molar-refractivity contribution in [3.8, 4) is 0 Å². The Morgan fingerprint density at radius 2 is 1.95 bits per heavy atom. The van der Waals surface area contributed by atoms with E-state index in [0.717, 1.165) is 29.1 Å². The summed E-state index contributed by atoms with van der Waals surface area (Å²) in [6, 6.07) is 6.60. The monoisotopic (exact) mass is 272 g/mol. The van der Waals surface area contributed by atoms with Gasteiger partial charge in [-0.3, -0.25) is 0 Å². The third-order valence-corrected chi connectivity index (χ3v) is 5.10. The average molecular weight is 272 g/mol. The van der Waals surface area contributed by atoms with Crippen molar-refractivity contribution in [2.75, 3.05) is 0 Å². The van der Waals surface area contributed by atoms with Gasteiger partial charge in [0.05, 0.1) is 11.0 Å². The number of aromatic nitrogens is 2. The maximum Gasteiger partial charge on any atom is 0.178 e. The second kappa shape index (κ2) is 4.20. The number of H-pyrrole nitrogens is 1. The highest BCUT2D eigenvalue weighted by molar-refractivity contribution is 7.71. The van der Waals surface area contributed by atoms with Gasteiger partial charge >= 0.3 is 0 Å². The van der Waals surface area contributed by atoms with Crippen LogP contribution in [0.4, 0.5) is 0 Å². The highest BCUT2D eigenvalue weighted by atomic mass is 32.1. The van der Waals surface area contributed by atoms with E-state index in [-0.39, 0.29) is 0 Å². The fourth-order valence-electron chi connectivity index (χ4n) is 3.40. The molecule has 1 aromatic carbocycles. The second-order valence-corrected chi connectivity index (χ2v) is 6.79. The zero-order valence-corrected chi connectivity index (χ0v) is 12.2. The first-order chi connectivity index (χ1) is 9.22. The molecule has 4 rings (SSSR count). The van der Waals surface area contributed by atoms with Gasteiger partial charge in [0.2, 0.25) is 0 Å². The van der Waals surface area contributed by atoms with E-state index in [4.69, 9.17) is 12.2 Å². The van der Waals surface area contributed by atoms with E-state index in [9.17, 15) is 0 Å². The Hall–Kier alpha value is -1.09. The van der Waals surface area contributed by atoms with Gasteiger partial charge in [-0.05, 0) is 80.3 Å². The van der Waals surface area contributed by atoms with E-state index in [1.807, 2.05) is 0 Å². The van der Waals surface area contributed by atoms with E-state index in [1.165, 1.54) is 42.3 Å². The summed E-state index contributed by atoms with van der Waals surface area (Å²) in [5.74, 6) is 2.82. The van der Waals surface area contributed by atoms with Gasteiger partial charge in [-0.25, -0.2) is 0 Å². The molecule has 3 heteroatoms. The molecule has 0 saturated heterocycles. The minimum absolute atomic E-state index is 0.868. The van der Waals surface area contributed by atoms with Gasteiger partial charge in [-0.1, -0.05) is 6.07 Å². The van der Waals surface area contributed by atoms with Crippen LogP contribution in [0.5, 0.6) is 0 Å². The van der Waals surface area contributed by atoms with Gasteiger partial charge in [-0.2, -0.15) is 0 Å². The molecule has 1 N–H and O–H groups in total. The second-order valence-electron chi connectivity index (χ2n) is 6.40. The van der Waals surface area contributed by atoms with Crippen LogP contribution in [0.3, 0.4) is 0 Å². The Balaban J connectivity index is 1.73. The first-order valence-electron chi connectivity index (χ1n) is 7.41. The van der Waals surface area contributed by atoms with E-state index in [1.54, 1.807) is 0 Å². The largest absolute Gasteiger partial charge is 0.331 e. The lowest BCUT2D eigenvalue weighted by molar-refractivity contribution is 0.351. The summed E-state index contributed by atoms with van der Waals surface area (Å²) in [5.41, 5.74) is 3.76. The topological polar surface area (TPSA) is 20.7 Å².